The smallest absolute Gasteiger partial charge is 0.243 e. The second-order valence-corrected chi connectivity index (χ2v) is 8.00. The van der Waals surface area contributed by atoms with E-state index in [0.717, 1.165) is 0 Å². The van der Waals surface area contributed by atoms with Crippen molar-refractivity contribution in [2.75, 3.05) is 7.11 Å². The zero-order valence-electron chi connectivity index (χ0n) is 15.1. The summed E-state index contributed by atoms with van der Waals surface area (Å²) in [7, 11) is -3.35. The highest BCUT2D eigenvalue weighted by atomic mass is 32.2. The Balaban J connectivity index is 1.93. The summed E-state index contributed by atoms with van der Waals surface area (Å²) in [5.74, 6) is 0.105. The van der Waals surface area contributed by atoms with Crippen molar-refractivity contribution in [2.45, 2.75) is 37.0 Å². The van der Waals surface area contributed by atoms with Gasteiger partial charge in [0.05, 0.1) is 12.5 Å². The fraction of sp³-hybridized carbons (Fsp3) is 0.350. The van der Waals surface area contributed by atoms with Crippen molar-refractivity contribution in [3.63, 3.8) is 0 Å². The number of hydrogen-bond donors (Lipinski definition) is 1. The Morgan fingerprint density at radius 2 is 1.78 bits per heavy atom. The van der Waals surface area contributed by atoms with Crippen LogP contribution in [0.15, 0.2) is 54.6 Å². The van der Waals surface area contributed by atoms with E-state index in [1.54, 1.807) is 29.0 Å². The van der Waals surface area contributed by atoms with Crippen LogP contribution in [-0.4, -0.2) is 26.0 Å². The average molecular weight is 388 g/mol. The molecule has 1 aliphatic rings. The molecular weight excluding hydrogens is 366 g/mol. The molecule has 144 valence electrons. The minimum Gasteiger partial charge on any atom is -0.731 e. The summed E-state index contributed by atoms with van der Waals surface area (Å²) in [5, 5.41) is 0. The zero-order valence-corrected chi connectivity index (χ0v) is 15.9. The predicted octanol–water partition coefficient (Wildman–Crippen LogP) is 2.87. The van der Waals surface area contributed by atoms with Crippen LogP contribution in [0.4, 0.5) is 0 Å². The molecule has 1 aliphatic carbocycles. The number of nitrogens with one attached hydrogen (secondary N) is 1. The van der Waals surface area contributed by atoms with Crippen molar-refractivity contribution < 1.29 is 22.5 Å². The molecule has 0 atom stereocenters. The van der Waals surface area contributed by atoms with Crippen LogP contribution < -0.4 is 9.46 Å². The van der Waals surface area contributed by atoms with Crippen LogP contribution >= 0.6 is 0 Å². The number of ether oxygens (including phenoxy) is 1. The summed E-state index contributed by atoms with van der Waals surface area (Å²) in [6.07, 6.45) is 2.32. The van der Waals surface area contributed by atoms with Gasteiger partial charge in [0.2, 0.25) is 5.91 Å². The van der Waals surface area contributed by atoms with Crippen molar-refractivity contribution in [1.29, 1.82) is 0 Å². The quantitative estimate of drug-likeness (QED) is 0.795. The SMILES string of the molecule is COc1cccc(C2(C(=O)NS(=O)(=O)[O-])CCC(c3ccccc3)CC2)c1. The van der Waals surface area contributed by atoms with Crippen LogP contribution in [0.2, 0.25) is 0 Å². The summed E-state index contributed by atoms with van der Waals surface area (Å²) < 4.78 is 40.4. The zero-order chi connectivity index (χ0) is 19.5. The molecule has 0 aromatic heterocycles. The molecule has 1 amide bonds. The molecule has 0 unspecified atom stereocenters. The maximum atomic E-state index is 12.8. The van der Waals surface area contributed by atoms with Gasteiger partial charge >= 0.3 is 0 Å². The third-order valence-corrected chi connectivity index (χ3v) is 5.82. The molecule has 0 aliphatic heterocycles. The van der Waals surface area contributed by atoms with Crippen LogP contribution in [0, 0.1) is 0 Å². The van der Waals surface area contributed by atoms with Gasteiger partial charge in [-0.3, -0.25) is 9.52 Å². The van der Waals surface area contributed by atoms with E-state index in [9.17, 15) is 17.8 Å². The molecule has 0 saturated heterocycles. The van der Waals surface area contributed by atoms with E-state index in [4.69, 9.17) is 4.74 Å². The van der Waals surface area contributed by atoms with E-state index in [0.29, 0.717) is 42.9 Å². The first kappa shape index (κ1) is 19.4. The standard InChI is InChI=1S/C20H23NO5S/c1-26-18-9-5-8-17(14-18)20(19(22)21-27(23,24)25)12-10-16(11-13-20)15-6-3-2-4-7-15/h2-9,14,16H,10-13H2,1H3,(H,21,22)(H,23,24,25)/p-1. The van der Waals surface area contributed by atoms with E-state index in [-0.39, 0.29) is 0 Å². The molecule has 0 bridgehead atoms. The highest BCUT2D eigenvalue weighted by Crippen LogP contribution is 2.45. The lowest BCUT2D eigenvalue weighted by Gasteiger charge is -2.39. The summed E-state index contributed by atoms with van der Waals surface area (Å²) in [6.45, 7) is 0. The van der Waals surface area contributed by atoms with Gasteiger partial charge in [-0.15, -0.1) is 0 Å². The van der Waals surface area contributed by atoms with Gasteiger partial charge in [0.25, 0.3) is 0 Å². The third-order valence-electron chi connectivity index (χ3n) is 5.38. The van der Waals surface area contributed by atoms with Crippen LogP contribution in [0.1, 0.15) is 42.7 Å². The van der Waals surface area contributed by atoms with Gasteiger partial charge < -0.3 is 9.29 Å². The van der Waals surface area contributed by atoms with E-state index in [1.165, 1.54) is 12.7 Å². The van der Waals surface area contributed by atoms with Crippen LogP contribution in [0.5, 0.6) is 5.75 Å². The summed E-state index contributed by atoms with van der Waals surface area (Å²) >= 11 is 0. The molecule has 27 heavy (non-hydrogen) atoms. The lowest BCUT2D eigenvalue weighted by atomic mass is 9.65. The van der Waals surface area contributed by atoms with E-state index in [2.05, 4.69) is 12.1 Å². The second-order valence-electron chi connectivity index (χ2n) is 6.88. The van der Waals surface area contributed by atoms with E-state index >= 15 is 0 Å². The first-order chi connectivity index (χ1) is 12.8. The average Bonchev–Trinajstić information content (AvgIpc) is 2.67. The van der Waals surface area contributed by atoms with Gasteiger partial charge in [-0.05, 0) is 54.9 Å². The molecular formula is C20H22NO5S-. The number of rotatable bonds is 5. The van der Waals surface area contributed by atoms with E-state index < -0.39 is 21.6 Å². The Bertz CT molecular complexity index is 903. The molecule has 1 fully saturated rings. The van der Waals surface area contributed by atoms with Crippen LogP contribution in [0.25, 0.3) is 0 Å². The summed E-state index contributed by atoms with van der Waals surface area (Å²) in [4.78, 5) is 12.8. The first-order valence-corrected chi connectivity index (χ1v) is 10.2. The Hall–Kier alpha value is -2.38. The monoisotopic (exact) mass is 388 g/mol. The maximum Gasteiger partial charge on any atom is 0.243 e. The lowest BCUT2D eigenvalue weighted by Crippen LogP contribution is -2.48. The molecule has 7 heteroatoms. The molecule has 1 saturated carbocycles. The molecule has 3 rings (SSSR count). The van der Waals surface area contributed by atoms with Crippen molar-refractivity contribution in [3.8, 4) is 5.75 Å². The lowest BCUT2D eigenvalue weighted by molar-refractivity contribution is -0.126. The minimum absolute atomic E-state index is 0.293. The van der Waals surface area contributed by atoms with Gasteiger partial charge in [-0.2, -0.15) is 0 Å². The molecule has 0 radical (unpaired) electrons. The minimum atomic E-state index is -4.88. The Kier molecular flexibility index (Phi) is 5.53. The summed E-state index contributed by atoms with van der Waals surface area (Å²) in [5.41, 5.74) is 0.792. The topological polar surface area (TPSA) is 95.5 Å². The molecule has 2 aromatic carbocycles. The van der Waals surface area contributed by atoms with Gasteiger partial charge in [-0.1, -0.05) is 42.5 Å². The van der Waals surface area contributed by atoms with Gasteiger partial charge in [0.1, 0.15) is 5.75 Å². The number of amides is 1. The van der Waals surface area contributed by atoms with Crippen molar-refractivity contribution in [1.82, 2.24) is 4.72 Å². The first-order valence-electron chi connectivity index (χ1n) is 8.81. The normalized spacial score (nSPS) is 22.8. The molecule has 1 N–H and O–H groups in total. The molecule has 0 heterocycles. The fourth-order valence-corrected chi connectivity index (χ4v) is 4.37. The molecule has 2 aromatic rings. The maximum absolute atomic E-state index is 12.8. The predicted molar refractivity (Wildman–Crippen MR) is 100 cm³/mol. The van der Waals surface area contributed by atoms with Crippen LogP contribution in [0.3, 0.4) is 0 Å². The third kappa shape index (κ3) is 4.31. The highest BCUT2D eigenvalue weighted by molar-refractivity contribution is 7.84. The largest absolute Gasteiger partial charge is 0.731 e. The fourth-order valence-electron chi connectivity index (χ4n) is 3.95. The second kappa shape index (κ2) is 7.70. The number of carbonyl (C=O) groups is 1. The number of methoxy groups -OCH3 is 1. The van der Waals surface area contributed by atoms with Crippen molar-refractivity contribution >= 4 is 16.2 Å². The van der Waals surface area contributed by atoms with Crippen molar-refractivity contribution in [2.24, 2.45) is 0 Å². The molecule has 6 nitrogen and oxygen atoms in total. The Labute approximate surface area is 159 Å². The highest BCUT2D eigenvalue weighted by Gasteiger charge is 2.44. The van der Waals surface area contributed by atoms with Gasteiger partial charge in [0.15, 0.2) is 10.3 Å². The summed E-state index contributed by atoms with van der Waals surface area (Å²) in [6, 6.07) is 17.1. The molecule has 0 spiro atoms. The van der Waals surface area contributed by atoms with Gasteiger partial charge in [0, 0.05) is 0 Å². The van der Waals surface area contributed by atoms with Crippen molar-refractivity contribution in [3.05, 3.63) is 65.7 Å². The Morgan fingerprint density at radius 3 is 2.37 bits per heavy atom. The Morgan fingerprint density at radius 1 is 1.11 bits per heavy atom. The number of hydrogen-bond acceptors (Lipinski definition) is 5. The number of carbonyl (C=O) groups excluding carboxylic acids is 1. The number of benzene rings is 2. The van der Waals surface area contributed by atoms with Gasteiger partial charge in [-0.25, -0.2) is 8.42 Å². The van der Waals surface area contributed by atoms with E-state index in [1.807, 2.05) is 18.2 Å². The van der Waals surface area contributed by atoms with Crippen LogP contribution in [-0.2, 0) is 20.5 Å².